The van der Waals surface area contributed by atoms with Crippen LogP contribution in [0.1, 0.15) is 47.0 Å². The maximum Gasteiger partial charge on any atom is 0.410 e. The van der Waals surface area contributed by atoms with E-state index < -0.39 is 5.60 Å². The van der Waals surface area contributed by atoms with E-state index in [1.807, 2.05) is 20.8 Å². The summed E-state index contributed by atoms with van der Waals surface area (Å²) in [5.74, 6) is 0. The number of carbonyl (C=O) groups is 1. The van der Waals surface area contributed by atoms with Gasteiger partial charge in [-0.3, -0.25) is 4.90 Å². The molecule has 0 N–H and O–H groups in total. The zero-order chi connectivity index (χ0) is 15.2. The molecule has 20 heavy (non-hydrogen) atoms. The van der Waals surface area contributed by atoms with E-state index in [-0.39, 0.29) is 6.09 Å². The number of nitriles is 1. The van der Waals surface area contributed by atoms with Crippen LogP contribution in [0.3, 0.4) is 0 Å². The van der Waals surface area contributed by atoms with Crippen molar-refractivity contribution in [3.05, 3.63) is 0 Å². The minimum atomic E-state index is -0.445. The Hall–Kier alpha value is -1.28. The Balaban J connectivity index is 2.55. The quantitative estimate of drug-likeness (QED) is 0.746. The van der Waals surface area contributed by atoms with E-state index in [0.717, 1.165) is 32.4 Å². The topological polar surface area (TPSA) is 56.6 Å². The molecule has 0 bridgehead atoms. The molecule has 1 heterocycles. The van der Waals surface area contributed by atoms with Crippen LogP contribution in [0, 0.1) is 11.3 Å². The Labute approximate surface area is 122 Å². The summed E-state index contributed by atoms with van der Waals surface area (Å²) in [4.78, 5) is 16.1. The minimum Gasteiger partial charge on any atom is -0.444 e. The average Bonchev–Trinajstić information content (AvgIpc) is 2.59. The van der Waals surface area contributed by atoms with Gasteiger partial charge in [0.1, 0.15) is 5.60 Å². The van der Waals surface area contributed by atoms with Crippen LogP contribution >= 0.6 is 0 Å². The highest BCUT2D eigenvalue weighted by Crippen LogP contribution is 2.18. The molecule has 0 unspecified atom stereocenters. The predicted octanol–water partition coefficient (Wildman–Crippen LogP) is 2.62. The van der Waals surface area contributed by atoms with Crippen LogP contribution in [0.5, 0.6) is 0 Å². The fourth-order valence-electron chi connectivity index (χ4n) is 2.54. The van der Waals surface area contributed by atoms with Crippen molar-refractivity contribution in [1.29, 1.82) is 5.26 Å². The Kier molecular flexibility index (Phi) is 6.28. The first-order valence-electron chi connectivity index (χ1n) is 7.46. The molecule has 1 atom stereocenters. The predicted molar refractivity (Wildman–Crippen MR) is 78.3 cm³/mol. The molecule has 0 aliphatic carbocycles. The van der Waals surface area contributed by atoms with Gasteiger partial charge in [-0.05, 0) is 46.6 Å². The van der Waals surface area contributed by atoms with Crippen LogP contribution in [0.2, 0.25) is 0 Å². The average molecular weight is 281 g/mol. The molecular formula is C15H27N3O2. The number of carbonyl (C=O) groups excluding carboxylic acids is 1. The highest BCUT2D eigenvalue weighted by atomic mass is 16.6. The van der Waals surface area contributed by atoms with Gasteiger partial charge in [-0.25, -0.2) is 4.79 Å². The first-order chi connectivity index (χ1) is 9.37. The van der Waals surface area contributed by atoms with Gasteiger partial charge in [-0.15, -0.1) is 0 Å². The van der Waals surface area contributed by atoms with Crippen LogP contribution in [0.15, 0.2) is 0 Å². The van der Waals surface area contributed by atoms with Gasteiger partial charge >= 0.3 is 6.09 Å². The van der Waals surface area contributed by atoms with Crippen molar-refractivity contribution in [3.8, 4) is 6.07 Å². The van der Waals surface area contributed by atoms with Gasteiger partial charge in [-0.2, -0.15) is 5.26 Å². The van der Waals surface area contributed by atoms with E-state index in [4.69, 9.17) is 10.00 Å². The fourth-order valence-corrected chi connectivity index (χ4v) is 2.54. The van der Waals surface area contributed by atoms with E-state index >= 15 is 0 Å². The van der Waals surface area contributed by atoms with Gasteiger partial charge in [0, 0.05) is 19.1 Å². The summed E-state index contributed by atoms with van der Waals surface area (Å²) < 4.78 is 5.42. The monoisotopic (exact) mass is 281 g/mol. The summed E-state index contributed by atoms with van der Waals surface area (Å²) in [6.07, 6.45) is 2.69. The van der Waals surface area contributed by atoms with Crippen molar-refractivity contribution in [2.45, 2.75) is 58.6 Å². The molecule has 1 aliphatic rings. The Morgan fingerprint density at radius 1 is 1.40 bits per heavy atom. The summed E-state index contributed by atoms with van der Waals surface area (Å²) in [6.45, 7) is 10.5. The third kappa shape index (κ3) is 5.38. The summed E-state index contributed by atoms with van der Waals surface area (Å²) in [7, 11) is 0. The summed E-state index contributed by atoms with van der Waals surface area (Å²) >= 11 is 0. The van der Waals surface area contributed by atoms with Crippen LogP contribution in [-0.2, 0) is 4.74 Å². The lowest BCUT2D eigenvalue weighted by Crippen LogP contribution is -2.39. The summed E-state index contributed by atoms with van der Waals surface area (Å²) in [5.41, 5.74) is -0.445. The van der Waals surface area contributed by atoms with Crippen molar-refractivity contribution in [2.24, 2.45) is 0 Å². The van der Waals surface area contributed by atoms with Gasteiger partial charge < -0.3 is 9.64 Å². The molecule has 0 radical (unpaired) electrons. The molecular weight excluding hydrogens is 254 g/mol. The highest BCUT2D eigenvalue weighted by molar-refractivity contribution is 5.68. The van der Waals surface area contributed by atoms with Crippen LogP contribution in [0.25, 0.3) is 0 Å². The number of nitrogens with zero attached hydrogens (tertiary/aromatic N) is 3. The van der Waals surface area contributed by atoms with Crippen molar-refractivity contribution in [3.63, 3.8) is 0 Å². The van der Waals surface area contributed by atoms with Crippen LogP contribution in [-0.4, -0.2) is 53.7 Å². The largest absolute Gasteiger partial charge is 0.444 e. The third-order valence-electron chi connectivity index (χ3n) is 3.55. The SMILES string of the molecule is CCN(CC#N)[C@H]1CCCN(C(=O)OC(C)(C)C)CC1. The van der Waals surface area contributed by atoms with Gasteiger partial charge in [0.25, 0.3) is 0 Å². The van der Waals surface area contributed by atoms with Crippen LogP contribution in [0.4, 0.5) is 4.79 Å². The second-order valence-electron chi connectivity index (χ2n) is 6.27. The molecule has 1 saturated heterocycles. The molecule has 0 aromatic rings. The van der Waals surface area contributed by atoms with Crippen LogP contribution < -0.4 is 0 Å². The minimum absolute atomic E-state index is 0.221. The fraction of sp³-hybridized carbons (Fsp3) is 0.867. The highest BCUT2D eigenvalue weighted by Gasteiger charge is 2.26. The zero-order valence-corrected chi connectivity index (χ0v) is 13.2. The van der Waals surface area contributed by atoms with Crippen molar-refractivity contribution in [2.75, 3.05) is 26.2 Å². The maximum absolute atomic E-state index is 12.1. The second kappa shape index (κ2) is 7.49. The summed E-state index contributed by atoms with van der Waals surface area (Å²) in [6, 6.07) is 2.62. The lowest BCUT2D eigenvalue weighted by molar-refractivity contribution is 0.0253. The molecule has 1 fully saturated rings. The lowest BCUT2D eigenvalue weighted by Gasteiger charge is -2.28. The lowest BCUT2D eigenvalue weighted by atomic mass is 10.1. The molecule has 0 aromatic carbocycles. The van der Waals surface area contributed by atoms with Gasteiger partial charge in [0.2, 0.25) is 0 Å². The molecule has 0 saturated carbocycles. The van der Waals surface area contributed by atoms with Gasteiger partial charge in [0.05, 0.1) is 12.6 Å². The van der Waals surface area contributed by atoms with E-state index in [1.54, 1.807) is 4.90 Å². The Morgan fingerprint density at radius 3 is 2.65 bits per heavy atom. The first-order valence-corrected chi connectivity index (χ1v) is 7.46. The van der Waals surface area contributed by atoms with Crippen molar-refractivity contribution >= 4 is 6.09 Å². The first kappa shape index (κ1) is 16.8. The van der Waals surface area contributed by atoms with E-state index in [9.17, 15) is 4.79 Å². The number of amides is 1. The standard InChI is InChI=1S/C15H27N3O2/c1-5-17(12-9-16)13-7-6-10-18(11-8-13)14(19)20-15(2,3)4/h13H,5-8,10-12H2,1-4H3/t13-/m0/s1. The van der Waals surface area contributed by atoms with E-state index in [0.29, 0.717) is 19.1 Å². The molecule has 114 valence electrons. The van der Waals surface area contributed by atoms with Crippen molar-refractivity contribution in [1.82, 2.24) is 9.80 Å². The van der Waals surface area contributed by atoms with Gasteiger partial charge in [0.15, 0.2) is 0 Å². The van der Waals surface area contributed by atoms with Crippen molar-refractivity contribution < 1.29 is 9.53 Å². The number of hydrogen-bond donors (Lipinski definition) is 0. The molecule has 1 amide bonds. The molecule has 0 aromatic heterocycles. The maximum atomic E-state index is 12.1. The molecule has 5 nitrogen and oxygen atoms in total. The van der Waals surface area contributed by atoms with E-state index in [1.165, 1.54) is 0 Å². The normalized spacial score (nSPS) is 20.4. The van der Waals surface area contributed by atoms with E-state index in [2.05, 4.69) is 17.9 Å². The number of hydrogen-bond acceptors (Lipinski definition) is 4. The smallest absolute Gasteiger partial charge is 0.410 e. The Bertz CT molecular complexity index is 357. The molecule has 1 rings (SSSR count). The summed E-state index contributed by atoms with van der Waals surface area (Å²) in [5, 5.41) is 8.86. The Morgan fingerprint density at radius 2 is 2.10 bits per heavy atom. The molecule has 5 heteroatoms. The number of rotatable bonds is 3. The number of ether oxygens (including phenoxy) is 1. The molecule has 0 spiro atoms. The molecule has 1 aliphatic heterocycles. The third-order valence-corrected chi connectivity index (χ3v) is 3.55. The van der Waals surface area contributed by atoms with Gasteiger partial charge in [-0.1, -0.05) is 6.92 Å². The zero-order valence-electron chi connectivity index (χ0n) is 13.2. The number of likely N-dealkylation sites (tertiary alicyclic amines) is 1. The second-order valence-corrected chi connectivity index (χ2v) is 6.27.